The number of halogens is 1. The molecular weight excluding hydrogens is 258 g/mol. The second kappa shape index (κ2) is 3.73. The van der Waals surface area contributed by atoms with E-state index in [0.717, 1.165) is 23.2 Å². The van der Waals surface area contributed by atoms with Gasteiger partial charge in [0.05, 0.1) is 5.69 Å². The molecule has 2 N–H and O–H groups in total. The van der Waals surface area contributed by atoms with Gasteiger partial charge in [-0.1, -0.05) is 0 Å². The normalized spacial score (nSPS) is 16.3. The molecule has 0 unspecified atom stereocenters. The third kappa shape index (κ3) is 1.79. The first kappa shape index (κ1) is 10.3. The van der Waals surface area contributed by atoms with Gasteiger partial charge in [-0.15, -0.1) is 0 Å². The zero-order valence-corrected chi connectivity index (χ0v) is 9.99. The van der Waals surface area contributed by atoms with Crippen molar-refractivity contribution in [3.05, 3.63) is 22.7 Å². The molecule has 1 aliphatic rings. The van der Waals surface area contributed by atoms with E-state index < -0.39 is 0 Å². The number of carbonyl (C=O) groups excluding carboxylic acids is 1. The van der Waals surface area contributed by atoms with Crippen LogP contribution in [0.4, 0.5) is 16.2 Å². The Hall–Kier alpha value is -1.23. The molecule has 1 aromatic carbocycles. The summed E-state index contributed by atoms with van der Waals surface area (Å²) in [6.07, 6.45) is 0. The smallest absolute Gasteiger partial charge is 0.324 e. The van der Waals surface area contributed by atoms with Crippen LogP contribution in [0.25, 0.3) is 0 Å². The van der Waals surface area contributed by atoms with Crippen LogP contribution in [0.5, 0.6) is 0 Å². The van der Waals surface area contributed by atoms with Crippen LogP contribution < -0.4 is 10.6 Å². The zero-order valence-electron chi connectivity index (χ0n) is 8.40. The van der Waals surface area contributed by atoms with Crippen LogP contribution >= 0.6 is 15.9 Å². The van der Waals surface area contributed by atoms with E-state index in [0.29, 0.717) is 5.69 Å². The molecule has 1 aromatic rings. The summed E-state index contributed by atoms with van der Waals surface area (Å²) < 4.78 is 0.853. The maximum absolute atomic E-state index is 11.7. The van der Waals surface area contributed by atoms with Crippen molar-refractivity contribution < 1.29 is 4.79 Å². The first-order valence-corrected chi connectivity index (χ1v) is 5.46. The SMILES string of the molecule is CN1CCN(c2ccc(N)cc2Br)C1=O. The van der Waals surface area contributed by atoms with Crippen LogP contribution in [0.3, 0.4) is 0 Å². The summed E-state index contributed by atoms with van der Waals surface area (Å²) in [6, 6.07) is 5.49. The Morgan fingerprint density at radius 1 is 1.40 bits per heavy atom. The van der Waals surface area contributed by atoms with E-state index in [9.17, 15) is 4.79 Å². The summed E-state index contributed by atoms with van der Waals surface area (Å²) in [5.41, 5.74) is 7.20. The number of likely N-dealkylation sites (N-methyl/N-ethyl adjacent to an activating group) is 1. The van der Waals surface area contributed by atoms with Gasteiger partial charge in [0.25, 0.3) is 0 Å². The predicted molar refractivity (Wildman–Crippen MR) is 63.9 cm³/mol. The summed E-state index contributed by atoms with van der Waals surface area (Å²) in [4.78, 5) is 15.2. The maximum Gasteiger partial charge on any atom is 0.324 e. The largest absolute Gasteiger partial charge is 0.399 e. The Morgan fingerprint density at radius 2 is 2.13 bits per heavy atom. The molecule has 0 radical (unpaired) electrons. The molecule has 0 atom stereocenters. The average molecular weight is 270 g/mol. The lowest BCUT2D eigenvalue weighted by molar-refractivity contribution is 0.229. The Morgan fingerprint density at radius 3 is 2.67 bits per heavy atom. The van der Waals surface area contributed by atoms with Crippen molar-refractivity contribution in [2.45, 2.75) is 0 Å². The van der Waals surface area contributed by atoms with Crippen molar-refractivity contribution in [3.8, 4) is 0 Å². The summed E-state index contributed by atoms with van der Waals surface area (Å²) in [5, 5.41) is 0. The van der Waals surface area contributed by atoms with Gasteiger partial charge in [0.1, 0.15) is 0 Å². The molecule has 1 aliphatic heterocycles. The quantitative estimate of drug-likeness (QED) is 0.792. The number of nitrogen functional groups attached to an aromatic ring is 1. The summed E-state index contributed by atoms with van der Waals surface area (Å²) in [5.74, 6) is 0. The van der Waals surface area contributed by atoms with E-state index in [-0.39, 0.29) is 6.03 Å². The Labute approximate surface area is 96.8 Å². The third-order valence-corrected chi connectivity index (χ3v) is 3.11. The number of anilines is 2. The van der Waals surface area contributed by atoms with Gasteiger partial charge in [-0.2, -0.15) is 0 Å². The van der Waals surface area contributed by atoms with Gasteiger partial charge in [-0.3, -0.25) is 4.90 Å². The highest BCUT2D eigenvalue weighted by molar-refractivity contribution is 9.10. The summed E-state index contributed by atoms with van der Waals surface area (Å²) in [7, 11) is 1.80. The molecule has 2 amide bonds. The zero-order chi connectivity index (χ0) is 11.0. The van der Waals surface area contributed by atoms with Gasteiger partial charge >= 0.3 is 6.03 Å². The lowest BCUT2D eigenvalue weighted by Crippen LogP contribution is -2.29. The van der Waals surface area contributed by atoms with Crippen LogP contribution in [0.2, 0.25) is 0 Å². The molecule has 0 saturated carbocycles. The second-order valence-electron chi connectivity index (χ2n) is 3.57. The van der Waals surface area contributed by atoms with Gasteiger partial charge in [0, 0.05) is 30.3 Å². The van der Waals surface area contributed by atoms with Gasteiger partial charge in [-0.05, 0) is 34.1 Å². The van der Waals surface area contributed by atoms with Crippen molar-refractivity contribution in [3.63, 3.8) is 0 Å². The molecule has 2 rings (SSSR count). The minimum atomic E-state index is 0.0282. The Kier molecular flexibility index (Phi) is 2.56. The molecule has 15 heavy (non-hydrogen) atoms. The minimum absolute atomic E-state index is 0.0282. The molecule has 1 heterocycles. The fourth-order valence-corrected chi connectivity index (χ4v) is 2.22. The number of nitrogens with two attached hydrogens (primary N) is 1. The summed E-state index contributed by atoms with van der Waals surface area (Å²) >= 11 is 3.41. The van der Waals surface area contributed by atoms with Gasteiger partial charge in [0.2, 0.25) is 0 Å². The number of hydrogen-bond acceptors (Lipinski definition) is 2. The number of carbonyl (C=O) groups is 1. The lowest BCUT2D eigenvalue weighted by Gasteiger charge is -2.17. The predicted octanol–water partition coefficient (Wildman–Crippen LogP) is 1.90. The van der Waals surface area contributed by atoms with Crippen molar-refractivity contribution in [2.24, 2.45) is 0 Å². The Balaban J connectivity index is 2.34. The molecule has 0 aliphatic carbocycles. The third-order valence-electron chi connectivity index (χ3n) is 2.48. The number of benzene rings is 1. The fourth-order valence-electron chi connectivity index (χ4n) is 1.61. The average Bonchev–Trinajstić information content (AvgIpc) is 2.49. The molecule has 0 spiro atoms. The standard InChI is InChI=1S/C10H12BrN3O/c1-13-4-5-14(10(13)15)9-3-2-7(12)6-8(9)11/h2-3,6H,4-5,12H2,1H3. The van der Waals surface area contributed by atoms with E-state index >= 15 is 0 Å². The van der Waals surface area contributed by atoms with Crippen molar-refractivity contribution in [1.82, 2.24) is 4.90 Å². The molecule has 80 valence electrons. The first-order chi connectivity index (χ1) is 7.09. The number of nitrogens with zero attached hydrogens (tertiary/aromatic N) is 2. The van der Waals surface area contributed by atoms with Crippen LogP contribution in [0.15, 0.2) is 22.7 Å². The van der Waals surface area contributed by atoms with E-state index in [1.54, 1.807) is 29.0 Å². The van der Waals surface area contributed by atoms with E-state index in [1.165, 1.54) is 0 Å². The Bertz CT molecular complexity index is 408. The number of hydrogen-bond donors (Lipinski definition) is 1. The molecule has 0 bridgehead atoms. The molecule has 4 nitrogen and oxygen atoms in total. The van der Waals surface area contributed by atoms with Gasteiger partial charge in [0.15, 0.2) is 0 Å². The minimum Gasteiger partial charge on any atom is -0.399 e. The maximum atomic E-state index is 11.7. The van der Waals surface area contributed by atoms with Crippen LogP contribution in [0, 0.1) is 0 Å². The van der Waals surface area contributed by atoms with Crippen molar-refractivity contribution in [2.75, 3.05) is 30.8 Å². The van der Waals surface area contributed by atoms with E-state index in [1.807, 2.05) is 6.07 Å². The fraction of sp³-hybridized carbons (Fsp3) is 0.300. The highest BCUT2D eigenvalue weighted by Gasteiger charge is 2.27. The van der Waals surface area contributed by atoms with Crippen molar-refractivity contribution in [1.29, 1.82) is 0 Å². The van der Waals surface area contributed by atoms with Gasteiger partial charge < -0.3 is 10.6 Å². The topological polar surface area (TPSA) is 49.6 Å². The highest BCUT2D eigenvalue weighted by Crippen LogP contribution is 2.30. The molecule has 1 saturated heterocycles. The van der Waals surface area contributed by atoms with Crippen LogP contribution in [-0.2, 0) is 0 Å². The molecule has 5 heteroatoms. The first-order valence-electron chi connectivity index (χ1n) is 4.67. The number of amides is 2. The molecule has 0 aromatic heterocycles. The molecule has 1 fully saturated rings. The van der Waals surface area contributed by atoms with E-state index in [2.05, 4.69) is 15.9 Å². The van der Waals surface area contributed by atoms with E-state index in [4.69, 9.17) is 5.73 Å². The lowest BCUT2D eigenvalue weighted by atomic mass is 10.2. The number of urea groups is 1. The molecular formula is C10H12BrN3O. The number of rotatable bonds is 1. The second-order valence-corrected chi connectivity index (χ2v) is 4.42. The summed E-state index contributed by atoms with van der Waals surface area (Å²) in [6.45, 7) is 1.48. The van der Waals surface area contributed by atoms with Crippen molar-refractivity contribution >= 4 is 33.3 Å². The monoisotopic (exact) mass is 269 g/mol. The van der Waals surface area contributed by atoms with Gasteiger partial charge in [-0.25, -0.2) is 4.79 Å². The highest BCUT2D eigenvalue weighted by atomic mass is 79.9. The van der Waals surface area contributed by atoms with Crippen LogP contribution in [0.1, 0.15) is 0 Å². The van der Waals surface area contributed by atoms with Crippen LogP contribution in [-0.4, -0.2) is 31.1 Å².